The quantitative estimate of drug-likeness (QED) is 0.824. The molecule has 1 aliphatic carbocycles. The van der Waals surface area contributed by atoms with Gasteiger partial charge in [0.15, 0.2) is 0 Å². The molecule has 25 heavy (non-hydrogen) atoms. The monoisotopic (exact) mass is 342 g/mol. The van der Waals surface area contributed by atoms with Crippen molar-refractivity contribution in [2.24, 2.45) is 5.92 Å². The molecule has 3 fully saturated rings. The maximum Gasteiger partial charge on any atom is 0.0702 e. The number of nitrogens with zero attached hydrogens (tertiary/aromatic N) is 2. The van der Waals surface area contributed by atoms with Gasteiger partial charge in [-0.3, -0.25) is 9.80 Å². The van der Waals surface area contributed by atoms with Crippen LogP contribution in [0.15, 0.2) is 30.3 Å². The van der Waals surface area contributed by atoms with Crippen LogP contribution < -0.4 is 0 Å². The van der Waals surface area contributed by atoms with Crippen molar-refractivity contribution in [2.45, 2.75) is 69.7 Å². The Kier molecular flexibility index (Phi) is 5.17. The van der Waals surface area contributed by atoms with Crippen molar-refractivity contribution in [3.05, 3.63) is 35.9 Å². The summed E-state index contributed by atoms with van der Waals surface area (Å²) in [6.07, 6.45) is 7.77. The highest BCUT2D eigenvalue weighted by Crippen LogP contribution is 2.44. The van der Waals surface area contributed by atoms with E-state index in [1.165, 1.54) is 57.2 Å². The molecule has 1 spiro atoms. The first-order chi connectivity index (χ1) is 12.2. The number of benzene rings is 1. The molecule has 1 saturated carbocycles. The Hall–Kier alpha value is -0.900. The molecule has 4 atom stereocenters. The first-order valence-corrected chi connectivity index (χ1v) is 10.3. The summed E-state index contributed by atoms with van der Waals surface area (Å²) in [6.45, 7) is 6.95. The van der Waals surface area contributed by atoms with Crippen molar-refractivity contribution in [1.82, 2.24) is 9.80 Å². The van der Waals surface area contributed by atoms with Gasteiger partial charge in [-0.2, -0.15) is 0 Å². The first-order valence-electron chi connectivity index (χ1n) is 10.3. The molecule has 0 aromatic heterocycles. The molecule has 1 unspecified atom stereocenters. The topological polar surface area (TPSA) is 15.7 Å². The molecule has 1 aromatic carbocycles. The van der Waals surface area contributed by atoms with Crippen molar-refractivity contribution in [2.75, 3.05) is 26.7 Å². The van der Waals surface area contributed by atoms with E-state index in [9.17, 15) is 0 Å². The highest BCUT2D eigenvalue weighted by atomic mass is 16.5. The predicted octanol–water partition coefficient (Wildman–Crippen LogP) is 3.93. The fourth-order valence-corrected chi connectivity index (χ4v) is 5.56. The van der Waals surface area contributed by atoms with Crippen LogP contribution in [0.5, 0.6) is 0 Å². The molecule has 0 radical (unpaired) electrons. The molecule has 138 valence electrons. The molecule has 2 aliphatic heterocycles. The summed E-state index contributed by atoms with van der Waals surface area (Å²) in [5.41, 5.74) is 1.60. The number of likely N-dealkylation sites (tertiary alicyclic amines) is 1. The summed E-state index contributed by atoms with van der Waals surface area (Å²) in [7, 11) is 2.33. The summed E-state index contributed by atoms with van der Waals surface area (Å²) in [4.78, 5) is 5.39. The molecule has 4 rings (SSSR count). The molecular weight excluding hydrogens is 308 g/mol. The lowest BCUT2D eigenvalue weighted by Gasteiger charge is -2.48. The Morgan fingerprint density at radius 3 is 2.60 bits per heavy atom. The van der Waals surface area contributed by atoms with Crippen LogP contribution in [-0.2, 0) is 11.3 Å². The van der Waals surface area contributed by atoms with E-state index >= 15 is 0 Å². The van der Waals surface area contributed by atoms with Crippen LogP contribution in [-0.4, -0.2) is 54.2 Å². The van der Waals surface area contributed by atoms with Gasteiger partial charge in [-0.05, 0) is 70.1 Å². The number of likely N-dealkylation sites (N-methyl/N-ethyl adjacent to an activating group) is 1. The van der Waals surface area contributed by atoms with Gasteiger partial charge in [-0.1, -0.05) is 37.3 Å². The number of hydrogen-bond acceptors (Lipinski definition) is 3. The van der Waals surface area contributed by atoms with E-state index in [1.54, 1.807) is 0 Å². The van der Waals surface area contributed by atoms with Crippen LogP contribution in [0.1, 0.15) is 51.0 Å². The Morgan fingerprint density at radius 2 is 1.92 bits per heavy atom. The third-order valence-corrected chi connectivity index (χ3v) is 6.77. The van der Waals surface area contributed by atoms with Crippen LogP contribution in [0.4, 0.5) is 0 Å². The molecule has 3 heteroatoms. The van der Waals surface area contributed by atoms with Crippen molar-refractivity contribution in [3.8, 4) is 0 Å². The fourth-order valence-electron chi connectivity index (χ4n) is 5.56. The van der Waals surface area contributed by atoms with E-state index in [-0.39, 0.29) is 5.60 Å². The minimum Gasteiger partial charge on any atom is -0.375 e. The van der Waals surface area contributed by atoms with Crippen molar-refractivity contribution < 1.29 is 4.74 Å². The second-order valence-corrected chi connectivity index (χ2v) is 8.82. The van der Waals surface area contributed by atoms with Crippen molar-refractivity contribution in [3.63, 3.8) is 0 Å². The van der Waals surface area contributed by atoms with E-state index in [4.69, 9.17) is 4.74 Å². The smallest absolute Gasteiger partial charge is 0.0702 e. The number of rotatable bonds is 4. The molecule has 2 saturated heterocycles. The van der Waals surface area contributed by atoms with E-state index < -0.39 is 0 Å². The van der Waals surface area contributed by atoms with Crippen LogP contribution in [0.25, 0.3) is 0 Å². The molecule has 3 aliphatic rings. The maximum atomic E-state index is 6.38. The molecule has 0 N–H and O–H groups in total. The zero-order valence-electron chi connectivity index (χ0n) is 16.0. The van der Waals surface area contributed by atoms with Crippen LogP contribution in [0.2, 0.25) is 0 Å². The summed E-state index contributed by atoms with van der Waals surface area (Å²) in [5.74, 6) is 0.734. The normalized spacial score (nSPS) is 36.5. The van der Waals surface area contributed by atoms with Gasteiger partial charge in [-0.25, -0.2) is 0 Å². The molecule has 3 nitrogen and oxygen atoms in total. The van der Waals surface area contributed by atoms with Gasteiger partial charge in [0.25, 0.3) is 0 Å². The van der Waals surface area contributed by atoms with Gasteiger partial charge in [0.2, 0.25) is 0 Å². The second-order valence-electron chi connectivity index (χ2n) is 8.82. The summed E-state index contributed by atoms with van der Waals surface area (Å²) in [5, 5.41) is 0. The second kappa shape index (κ2) is 7.38. The lowest BCUT2D eigenvalue weighted by Crippen LogP contribution is -2.56. The molecule has 1 aromatic rings. The summed E-state index contributed by atoms with van der Waals surface area (Å²) >= 11 is 0. The van der Waals surface area contributed by atoms with Gasteiger partial charge in [0, 0.05) is 25.2 Å². The lowest BCUT2D eigenvalue weighted by molar-refractivity contribution is -0.0733. The molecular formula is C22H34N2O. The third-order valence-electron chi connectivity index (χ3n) is 6.77. The summed E-state index contributed by atoms with van der Waals surface area (Å²) in [6, 6.07) is 12.3. The Labute approximate surface area is 153 Å². The minimum atomic E-state index is 0.177. The van der Waals surface area contributed by atoms with Gasteiger partial charge in [0.05, 0.1) is 5.60 Å². The largest absolute Gasteiger partial charge is 0.375 e. The number of hydrogen-bond donors (Lipinski definition) is 0. The Morgan fingerprint density at radius 1 is 1.16 bits per heavy atom. The predicted molar refractivity (Wildman–Crippen MR) is 103 cm³/mol. The van der Waals surface area contributed by atoms with Crippen LogP contribution in [0.3, 0.4) is 0 Å². The minimum absolute atomic E-state index is 0.177. The summed E-state index contributed by atoms with van der Waals surface area (Å²) < 4.78 is 6.38. The van der Waals surface area contributed by atoms with E-state index in [0.717, 1.165) is 19.1 Å². The van der Waals surface area contributed by atoms with E-state index in [1.807, 2.05) is 0 Å². The molecule has 0 bridgehead atoms. The Bertz CT molecular complexity index is 556. The zero-order chi connectivity index (χ0) is 17.3. The molecule has 0 amide bonds. The van der Waals surface area contributed by atoms with Gasteiger partial charge in [-0.15, -0.1) is 0 Å². The zero-order valence-corrected chi connectivity index (χ0v) is 16.0. The lowest BCUT2D eigenvalue weighted by atomic mass is 9.75. The highest BCUT2D eigenvalue weighted by Gasteiger charge is 2.48. The van der Waals surface area contributed by atoms with Gasteiger partial charge in [0.1, 0.15) is 0 Å². The third kappa shape index (κ3) is 3.79. The first kappa shape index (κ1) is 17.5. The molecule has 2 heterocycles. The fraction of sp³-hybridized carbons (Fsp3) is 0.727. The highest BCUT2D eigenvalue weighted by molar-refractivity contribution is 5.15. The maximum absolute atomic E-state index is 6.38. The van der Waals surface area contributed by atoms with Crippen LogP contribution >= 0.6 is 0 Å². The Balaban J connectivity index is 1.49. The average molecular weight is 343 g/mol. The number of ether oxygens (including phenoxy) is 1. The average Bonchev–Trinajstić information content (AvgIpc) is 3.26. The van der Waals surface area contributed by atoms with E-state index in [0.29, 0.717) is 12.1 Å². The SMILES string of the molecule is CC1CO[C@]2(CC[C@H](N(C)Cc3ccccc3)[C@@H](N3CCCC3)C2)C1. The van der Waals surface area contributed by atoms with Gasteiger partial charge >= 0.3 is 0 Å². The van der Waals surface area contributed by atoms with Crippen molar-refractivity contribution in [1.29, 1.82) is 0 Å². The van der Waals surface area contributed by atoms with Gasteiger partial charge < -0.3 is 4.74 Å². The standard InChI is InChI=1S/C22H34N2O/c1-18-14-22(25-17-18)11-10-20(21(15-22)24-12-6-7-13-24)23(2)16-19-8-4-3-5-9-19/h3-5,8-9,18,20-21H,6-7,10-17H2,1-2H3/t18?,20-,21-,22+/m0/s1. The van der Waals surface area contributed by atoms with Crippen LogP contribution in [0, 0.1) is 5.92 Å². The van der Waals surface area contributed by atoms with E-state index in [2.05, 4.69) is 54.1 Å². The van der Waals surface area contributed by atoms with Crippen molar-refractivity contribution >= 4 is 0 Å².